The zero-order valence-electron chi connectivity index (χ0n) is 17.6. The van der Waals surface area contributed by atoms with Crippen LogP contribution in [-0.2, 0) is 9.53 Å². The van der Waals surface area contributed by atoms with Crippen LogP contribution in [0.1, 0.15) is 37.6 Å². The van der Waals surface area contributed by atoms with E-state index in [0.29, 0.717) is 30.1 Å². The van der Waals surface area contributed by atoms with Crippen molar-refractivity contribution in [1.29, 1.82) is 0 Å². The largest absolute Gasteiger partial charge is 0.379 e. The van der Waals surface area contributed by atoms with Crippen LogP contribution in [0, 0.1) is 0 Å². The molecular formula is C24H27N3O3. The number of rotatable bonds is 8. The van der Waals surface area contributed by atoms with Gasteiger partial charge in [-0.1, -0.05) is 30.3 Å². The van der Waals surface area contributed by atoms with Crippen LogP contribution in [-0.4, -0.2) is 36.1 Å². The average molecular weight is 405 g/mol. The molecule has 1 aromatic heterocycles. The van der Waals surface area contributed by atoms with Gasteiger partial charge in [0.15, 0.2) is 0 Å². The lowest BCUT2D eigenvalue weighted by molar-refractivity contribution is -0.114. The van der Waals surface area contributed by atoms with Gasteiger partial charge in [0.1, 0.15) is 0 Å². The Morgan fingerprint density at radius 3 is 2.50 bits per heavy atom. The van der Waals surface area contributed by atoms with E-state index in [1.807, 2.05) is 68.4 Å². The molecule has 0 radical (unpaired) electrons. The summed E-state index contributed by atoms with van der Waals surface area (Å²) in [4.78, 5) is 28.8. The highest BCUT2D eigenvalue weighted by molar-refractivity contribution is 6.07. The van der Waals surface area contributed by atoms with Gasteiger partial charge in [0.25, 0.3) is 5.91 Å². The molecule has 6 nitrogen and oxygen atoms in total. The van der Waals surface area contributed by atoms with Crippen molar-refractivity contribution in [3.63, 3.8) is 0 Å². The normalized spacial score (nSPS) is 10.9. The van der Waals surface area contributed by atoms with Crippen molar-refractivity contribution in [2.45, 2.75) is 33.3 Å². The summed E-state index contributed by atoms with van der Waals surface area (Å²) in [6.45, 7) is 6.61. The summed E-state index contributed by atoms with van der Waals surface area (Å²) in [5, 5.41) is 6.54. The Bertz CT molecular complexity index is 1030. The van der Waals surface area contributed by atoms with Gasteiger partial charge in [-0.25, -0.2) is 4.98 Å². The van der Waals surface area contributed by atoms with E-state index < -0.39 is 0 Å². The van der Waals surface area contributed by atoms with Crippen molar-refractivity contribution in [1.82, 2.24) is 10.3 Å². The van der Waals surface area contributed by atoms with E-state index in [2.05, 4.69) is 10.6 Å². The summed E-state index contributed by atoms with van der Waals surface area (Å²) < 4.78 is 5.52. The minimum absolute atomic E-state index is 0.121. The van der Waals surface area contributed by atoms with Gasteiger partial charge in [-0.15, -0.1) is 0 Å². The van der Waals surface area contributed by atoms with Crippen LogP contribution in [0.3, 0.4) is 0 Å². The molecule has 0 fully saturated rings. The summed E-state index contributed by atoms with van der Waals surface area (Å²) in [6, 6.07) is 16.8. The predicted octanol–water partition coefficient (Wildman–Crippen LogP) is 4.41. The number of hydrogen-bond acceptors (Lipinski definition) is 4. The third-order valence-electron chi connectivity index (χ3n) is 4.52. The van der Waals surface area contributed by atoms with Crippen molar-refractivity contribution >= 4 is 28.4 Å². The van der Waals surface area contributed by atoms with Crippen molar-refractivity contribution in [2.75, 3.05) is 18.5 Å². The van der Waals surface area contributed by atoms with Gasteiger partial charge < -0.3 is 15.4 Å². The number of anilines is 1. The van der Waals surface area contributed by atoms with Gasteiger partial charge in [-0.2, -0.15) is 0 Å². The zero-order valence-corrected chi connectivity index (χ0v) is 17.6. The first kappa shape index (κ1) is 21.5. The Kier molecular flexibility index (Phi) is 7.14. The highest BCUT2D eigenvalue weighted by Gasteiger charge is 2.14. The second-order valence-corrected chi connectivity index (χ2v) is 7.36. The van der Waals surface area contributed by atoms with Gasteiger partial charge in [-0.05, 0) is 44.5 Å². The van der Waals surface area contributed by atoms with E-state index in [1.165, 1.54) is 6.92 Å². The first-order valence-corrected chi connectivity index (χ1v) is 10.1. The minimum Gasteiger partial charge on any atom is -0.379 e. The predicted molar refractivity (Wildman–Crippen MR) is 120 cm³/mol. The molecule has 0 aliphatic carbocycles. The molecular weight excluding hydrogens is 378 g/mol. The molecule has 0 saturated carbocycles. The molecule has 156 valence electrons. The Labute approximate surface area is 176 Å². The molecule has 0 aliphatic heterocycles. The Morgan fingerprint density at radius 1 is 1.07 bits per heavy atom. The second kappa shape index (κ2) is 9.98. The first-order chi connectivity index (χ1) is 14.4. The number of benzene rings is 2. The first-order valence-electron chi connectivity index (χ1n) is 10.1. The van der Waals surface area contributed by atoms with E-state index in [0.717, 1.165) is 22.9 Å². The van der Waals surface area contributed by atoms with Crippen molar-refractivity contribution < 1.29 is 14.3 Å². The molecule has 0 bridgehead atoms. The fourth-order valence-electron chi connectivity index (χ4n) is 3.13. The Hall–Kier alpha value is -3.25. The minimum atomic E-state index is -0.130. The standard InChI is InChI=1S/C24H27N3O3/c1-16(2)30-14-6-13-25-24(29)21-15-23(27-22-8-5-4-7-20(21)22)18-9-11-19(12-10-18)26-17(3)28/h4-5,7-12,15-16H,6,13-14H2,1-3H3,(H,25,29)(H,26,28). The second-order valence-electron chi connectivity index (χ2n) is 7.36. The average Bonchev–Trinajstić information content (AvgIpc) is 2.72. The van der Waals surface area contributed by atoms with Gasteiger partial charge in [0.05, 0.1) is 22.9 Å². The van der Waals surface area contributed by atoms with Crippen molar-refractivity contribution in [3.8, 4) is 11.3 Å². The Balaban J connectivity index is 1.83. The number of amides is 2. The summed E-state index contributed by atoms with van der Waals surface area (Å²) in [5.41, 5.74) is 3.64. The van der Waals surface area contributed by atoms with Crippen LogP contribution >= 0.6 is 0 Å². The van der Waals surface area contributed by atoms with Crippen molar-refractivity contribution in [2.24, 2.45) is 0 Å². The number of carbonyl (C=O) groups excluding carboxylic acids is 2. The van der Waals surface area contributed by atoms with E-state index in [-0.39, 0.29) is 17.9 Å². The fourth-order valence-corrected chi connectivity index (χ4v) is 3.13. The molecule has 2 aromatic carbocycles. The molecule has 0 spiro atoms. The number of ether oxygens (including phenoxy) is 1. The molecule has 2 amide bonds. The summed E-state index contributed by atoms with van der Waals surface area (Å²) in [6.07, 6.45) is 0.939. The molecule has 1 heterocycles. The molecule has 30 heavy (non-hydrogen) atoms. The number of pyridine rings is 1. The van der Waals surface area contributed by atoms with E-state index >= 15 is 0 Å². The fraction of sp³-hybridized carbons (Fsp3) is 0.292. The number of carbonyl (C=O) groups is 2. The van der Waals surface area contributed by atoms with Crippen LogP contribution in [0.25, 0.3) is 22.2 Å². The molecule has 2 N–H and O–H groups in total. The van der Waals surface area contributed by atoms with Crippen LogP contribution in [0.5, 0.6) is 0 Å². The number of aromatic nitrogens is 1. The summed E-state index contributed by atoms with van der Waals surface area (Å²) in [5.74, 6) is -0.251. The third kappa shape index (κ3) is 5.64. The number of nitrogens with one attached hydrogen (secondary N) is 2. The van der Waals surface area contributed by atoms with Gasteiger partial charge >= 0.3 is 0 Å². The monoisotopic (exact) mass is 405 g/mol. The highest BCUT2D eigenvalue weighted by Crippen LogP contribution is 2.26. The lowest BCUT2D eigenvalue weighted by Gasteiger charge is -2.12. The molecule has 0 atom stereocenters. The number of fused-ring (bicyclic) bond motifs is 1. The maximum atomic E-state index is 12.9. The molecule has 6 heteroatoms. The van der Waals surface area contributed by atoms with Gasteiger partial charge in [0.2, 0.25) is 5.91 Å². The molecule has 0 saturated heterocycles. The summed E-state index contributed by atoms with van der Waals surface area (Å²) >= 11 is 0. The molecule has 3 aromatic rings. The van der Waals surface area contributed by atoms with Gasteiger partial charge in [-0.3, -0.25) is 9.59 Å². The van der Waals surface area contributed by atoms with E-state index in [9.17, 15) is 9.59 Å². The summed E-state index contributed by atoms with van der Waals surface area (Å²) in [7, 11) is 0. The SMILES string of the molecule is CC(=O)Nc1ccc(-c2cc(C(=O)NCCCOC(C)C)c3ccccc3n2)cc1. The number of para-hydroxylation sites is 1. The lowest BCUT2D eigenvalue weighted by atomic mass is 10.0. The van der Waals surface area contributed by atoms with Crippen LogP contribution in [0.2, 0.25) is 0 Å². The lowest BCUT2D eigenvalue weighted by Crippen LogP contribution is -2.26. The highest BCUT2D eigenvalue weighted by atomic mass is 16.5. The maximum absolute atomic E-state index is 12.9. The van der Waals surface area contributed by atoms with Crippen LogP contribution in [0.15, 0.2) is 54.6 Å². The van der Waals surface area contributed by atoms with Crippen LogP contribution < -0.4 is 10.6 Å². The van der Waals surface area contributed by atoms with Crippen LogP contribution in [0.4, 0.5) is 5.69 Å². The van der Waals surface area contributed by atoms with Gasteiger partial charge in [0, 0.05) is 36.7 Å². The van der Waals surface area contributed by atoms with E-state index in [1.54, 1.807) is 0 Å². The zero-order chi connectivity index (χ0) is 21.5. The quantitative estimate of drug-likeness (QED) is 0.544. The number of nitrogens with zero attached hydrogens (tertiary/aromatic N) is 1. The topological polar surface area (TPSA) is 80.3 Å². The third-order valence-corrected chi connectivity index (χ3v) is 4.52. The molecule has 3 rings (SSSR count). The smallest absolute Gasteiger partial charge is 0.252 e. The molecule has 0 aliphatic rings. The Morgan fingerprint density at radius 2 is 1.80 bits per heavy atom. The van der Waals surface area contributed by atoms with Crippen molar-refractivity contribution in [3.05, 3.63) is 60.2 Å². The maximum Gasteiger partial charge on any atom is 0.252 e. The van der Waals surface area contributed by atoms with E-state index in [4.69, 9.17) is 9.72 Å². The molecule has 0 unspecified atom stereocenters. The number of hydrogen-bond donors (Lipinski definition) is 2.